The molecule has 1 rings (SSSR count). The van der Waals surface area contributed by atoms with Crippen molar-refractivity contribution in [1.82, 2.24) is 9.97 Å². The highest BCUT2D eigenvalue weighted by Gasteiger charge is 2.16. The summed E-state index contributed by atoms with van der Waals surface area (Å²) in [4.78, 5) is 8.59. The highest BCUT2D eigenvalue weighted by atomic mass is 79.9. The Morgan fingerprint density at radius 1 is 1.44 bits per heavy atom. The molecule has 4 nitrogen and oxygen atoms in total. The molecule has 0 unspecified atom stereocenters. The van der Waals surface area contributed by atoms with Crippen molar-refractivity contribution < 1.29 is 5.11 Å². The van der Waals surface area contributed by atoms with Crippen molar-refractivity contribution in [3.8, 4) is 0 Å². The average molecular weight is 288 g/mol. The highest BCUT2D eigenvalue weighted by Crippen LogP contribution is 2.17. The van der Waals surface area contributed by atoms with Crippen LogP contribution in [0.25, 0.3) is 0 Å². The number of rotatable bonds is 5. The lowest BCUT2D eigenvalue weighted by Gasteiger charge is -2.22. The van der Waals surface area contributed by atoms with Gasteiger partial charge in [-0.15, -0.1) is 0 Å². The van der Waals surface area contributed by atoms with E-state index in [-0.39, 0.29) is 12.0 Å². The Bertz CT molecular complexity index is 355. The number of hydrogen-bond donors (Lipinski definition) is 2. The van der Waals surface area contributed by atoms with Crippen LogP contribution in [-0.4, -0.2) is 28.2 Å². The smallest absolute Gasteiger partial charge is 0.131 e. The summed E-state index contributed by atoms with van der Waals surface area (Å²) in [5, 5.41) is 12.4. The van der Waals surface area contributed by atoms with Gasteiger partial charge < -0.3 is 10.4 Å². The average Bonchev–Trinajstić information content (AvgIpc) is 2.26. The fourth-order valence-corrected chi connectivity index (χ4v) is 1.52. The van der Waals surface area contributed by atoms with Gasteiger partial charge in [0, 0.05) is 31.1 Å². The van der Waals surface area contributed by atoms with Crippen LogP contribution in [0.2, 0.25) is 0 Å². The van der Waals surface area contributed by atoms with Gasteiger partial charge in [-0.1, -0.05) is 20.8 Å². The molecule has 1 heterocycles. The summed E-state index contributed by atoms with van der Waals surface area (Å²) in [5.41, 5.74) is -0.149. The maximum absolute atomic E-state index is 9.15. The van der Waals surface area contributed by atoms with E-state index in [0.717, 1.165) is 22.7 Å². The van der Waals surface area contributed by atoms with E-state index in [0.29, 0.717) is 6.54 Å². The van der Waals surface area contributed by atoms with Crippen molar-refractivity contribution in [2.24, 2.45) is 5.41 Å². The minimum Gasteiger partial charge on any atom is -0.396 e. The number of aryl methyl sites for hydroxylation is 1. The summed E-state index contributed by atoms with van der Waals surface area (Å²) < 4.78 is 0.781. The molecule has 0 saturated heterocycles. The zero-order valence-corrected chi connectivity index (χ0v) is 11.5. The number of nitrogens with zero attached hydrogens (tertiary/aromatic N) is 2. The molecule has 0 aliphatic rings. The Balaban J connectivity index is 2.70. The third-order valence-electron chi connectivity index (χ3n) is 2.23. The Labute approximate surface area is 105 Å². The van der Waals surface area contributed by atoms with Gasteiger partial charge in [0.15, 0.2) is 0 Å². The van der Waals surface area contributed by atoms with E-state index in [4.69, 9.17) is 5.11 Å². The van der Waals surface area contributed by atoms with Gasteiger partial charge in [0.2, 0.25) is 0 Å². The van der Waals surface area contributed by atoms with Gasteiger partial charge in [-0.05, 0) is 15.9 Å². The van der Waals surface area contributed by atoms with E-state index in [9.17, 15) is 0 Å². The number of halogens is 1. The number of hydrogen-bond acceptors (Lipinski definition) is 4. The molecule has 1 aromatic rings. The SMILES string of the molecule is CCc1nc(Br)cc(NCC(C)(C)CO)n1. The first kappa shape index (κ1) is 13.4. The Hall–Kier alpha value is -0.680. The molecule has 0 amide bonds. The third kappa shape index (κ3) is 4.06. The van der Waals surface area contributed by atoms with E-state index in [1.807, 2.05) is 26.8 Å². The minimum atomic E-state index is -0.149. The lowest BCUT2D eigenvalue weighted by Crippen LogP contribution is -2.27. The number of aliphatic hydroxyl groups excluding tert-OH is 1. The van der Waals surface area contributed by atoms with Crippen molar-refractivity contribution in [2.45, 2.75) is 27.2 Å². The highest BCUT2D eigenvalue weighted by molar-refractivity contribution is 9.10. The van der Waals surface area contributed by atoms with Crippen molar-refractivity contribution in [1.29, 1.82) is 0 Å². The number of nitrogens with one attached hydrogen (secondary N) is 1. The van der Waals surface area contributed by atoms with Crippen LogP contribution in [0.1, 0.15) is 26.6 Å². The van der Waals surface area contributed by atoms with Crippen LogP contribution >= 0.6 is 15.9 Å². The minimum absolute atomic E-state index is 0.146. The summed E-state index contributed by atoms with van der Waals surface area (Å²) >= 11 is 3.35. The fraction of sp³-hybridized carbons (Fsp3) is 0.636. The number of aromatic nitrogens is 2. The fourth-order valence-electron chi connectivity index (χ4n) is 1.10. The van der Waals surface area contributed by atoms with Gasteiger partial charge in [0.25, 0.3) is 0 Å². The van der Waals surface area contributed by atoms with Crippen LogP contribution < -0.4 is 5.32 Å². The number of aliphatic hydroxyl groups is 1. The molecular weight excluding hydrogens is 270 g/mol. The maximum atomic E-state index is 9.15. The summed E-state index contributed by atoms with van der Waals surface area (Å²) in [6, 6.07) is 1.84. The van der Waals surface area contributed by atoms with Crippen LogP contribution in [0.4, 0.5) is 5.82 Å². The molecule has 0 fully saturated rings. The first-order chi connectivity index (χ1) is 7.46. The predicted octanol–water partition coefficient (Wildman–Crippen LogP) is 2.23. The van der Waals surface area contributed by atoms with Crippen molar-refractivity contribution in [3.63, 3.8) is 0 Å². The van der Waals surface area contributed by atoms with Gasteiger partial charge in [-0.25, -0.2) is 9.97 Å². The molecule has 0 spiro atoms. The van der Waals surface area contributed by atoms with Crippen LogP contribution in [0, 0.1) is 5.41 Å². The lowest BCUT2D eigenvalue weighted by molar-refractivity contribution is 0.170. The van der Waals surface area contributed by atoms with E-state index in [1.165, 1.54) is 0 Å². The summed E-state index contributed by atoms with van der Waals surface area (Å²) in [5.74, 6) is 1.60. The molecule has 90 valence electrons. The maximum Gasteiger partial charge on any atom is 0.131 e. The van der Waals surface area contributed by atoms with E-state index in [1.54, 1.807) is 0 Å². The van der Waals surface area contributed by atoms with Gasteiger partial charge in [0.1, 0.15) is 16.2 Å². The molecule has 0 bridgehead atoms. The summed E-state index contributed by atoms with van der Waals surface area (Å²) in [6.45, 7) is 6.83. The second kappa shape index (κ2) is 5.59. The zero-order chi connectivity index (χ0) is 12.2. The predicted molar refractivity (Wildman–Crippen MR) is 68.5 cm³/mol. The van der Waals surface area contributed by atoms with Gasteiger partial charge in [-0.3, -0.25) is 0 Å². The Kier molecular flexibility index (Phi) is 4.68. The molecule has 2 N–H and O–H groups in total. The lowest BCUT2D eigenvalue weighted by atomic mass is 9.95. The normalized spacial score (nSPS) is 11.6. The molecule has 0 aliphatic carbocycles. The van der Waals surface area contributed by atoms with E-state index >= 15 is 0 Å². The first-order valence-electron chi connectivity index (χ1n) is 5.35. The van der Waals surface area contributed by atoms with Crippen LogP contribution in [0.5, 0.6) is 0 Å². The van der Waals surface area contributed by atoms with Crippen LogP contribution in [-0.2, 0) is 6.42 Å². The largest absolute Gasteiger partial charge is 0.396 e. The van der Waals surface area contributed by atoms with Crippen LogP contribution in [0.15, 0.2) is 10.7 Å². The molecule has 5 heteroatoms. The molecule has 0 aliphatic heterocycles. The van der Waals surface area contributed by atoms with E-state index in [2.05, 4.69) is 31.2 Å². The van der Waals surface area contributed by atoms with Crippen molar-refractivity contribution in [2.75, 3.05) is 18.5 Å². The molecule has 1 aromatic heterocycles. The van der Waals surface area contributed by atoms with Gasteiger partial charge in [-0.2, -0.15) is 0 Å². The van der Waals surface area contributed by atoms with Gasteiger partial charge >= 0.3 is 0 Å². The topological polar surface area (TPSA) is 58.0 Å². The molecule has 16 heavy (non-hydrogen) atoms. The summed E-state index contributed by atoms with van der Waals surface area (Å²) in [6.07, 6.45) is 0.803. The van der Waals surface area contributed by atoms with E-state index < -0.39 is 0 Å². The second-order valence-electron chi connectivity index (χ2n) is 4.52. The molecule has 0 aromatic carbocycles. The standard InChI is InChI=1S/C11H18BrN3O/c1-4-9-14-8(12)5-10(15-9)13-6-11(2,3)7-16/h5,16H,4,6-7H2,1-3H3,(H,13,14,15). The first-order valence-corrected chi connectivity index (χ1v) is 6.14. The van der Waals surface area contributed by atoms with Crippen molar-refractivity contribution >= 4 is 21.7 Å². The number of anilines is 1. The molecule has 0 atom stereocenters. The third-order valence-corrected chi connectivity index (χ3v) is 2.64. The zero-order valence-electron chi connectivity index (χ0n) is 9.92. The quantitative estimate of drug-likeness (QED) is 0.816. The Morgan fingerprint density at radius 3 is 2.69 bits per heavy atom. The summed E-state index contributed by atoms with van der Waals surface area (Å²) in [7, 11) is 0. The molecular formula is C11H18BrN3O. The van der Waals surface area contributed by atoms with Crippen molar-refractivity contribution in [3.05, 3.63) is 16.5 Å². The van der Waals surface area contributed by atoms with Gasteiger partial charge in [0.05, 0.1) is 0 Å². The Morgan fingerprint density at radius 2 is 2.12 bits per heavy atom. The van der Waals surface area contributed by atoms with Crippen LogP contribution in [0.3, 0.4) is 0 Å². The molecule has 0 radical (unpaired) electrons. The molecule has 0 saturated carbocycles. The second-order valence-corrected chi connectivity index (χ2v) is 5.33. The monoisotopic (exact) mass is 287 g/mol.